The van der Waals surface area contributed by atoms with Gasteiger partial charge < -0.3 is 15.0 Å². The largest absolute Gasteiger partial charge is 0.381 e. The van der Waals surface area contributed by atoms with E-state index in [0.29, 0.717) is 29.5 Å². The molecule has 0 bridgehead atoms. The Morgan fingerprint density at radius 1 is 1.05 bits per heavy atom. The summed E-state index contributed by atoms with van der Waals surface area (Å²) in [4.78, 5) is 36.3. The second-order valence-corrected chi connectivity index (χ2v) is 18.3. The standard InChI is InChI=1S/C41H38ClF6N9O5S/c1-54-35-30(7-6-27(42)33(35)38(52-54)53-63(3,60)61)57-39(50-28-16-22(4-5-24(28)40(57)59)55-10-8-23(62-2)9-11-55)29(14-19-12-20(43)15-21(44)13-19)49-31(58)18-56-36-32(34(51-56)37(45)46)25-17-26(25)41(36,47)48/h4-7,12-13,15-16,23,25-26,29,37H,8-11,14,17-18H2,1-3H3,(H,49,58)(H,52,53)/t25-,26+,29-/m0/s1. The molecular weight excluding hydrogens is 880 g/mol. The van der Waals surface area contributed by atoms with Crippen molar-refractivity contribution >= 4 is 60.8 Å². The van der Waals surface area contributed by atoms with E-state index < -0.39 is 87.7 Å². The van der Waals surface area contributed by atoms with Gasteiger partial charge in [0.25, 0.3) is 17.9 Å². The molecular formula is C41H38ClF6N9O5S. The monoisotopic (exact) mass is 917 g/mol. The number of nitrogens with one attached hydrogen (secondary N) is 2. The molecule has 63 heavy (non-hydrogen) atoms. The van der Waals surface area contributed by atoms with Crippen LogP contribution in [0.5, 0.6) is 0 Å². The third-order valence-electron chi connectivity index (χ3n) is 11.9. The molecule has 22 heteroatoms. The predicted octanol–water partition coefficient (Wildman–Crippen LogP) is 6.63. The number of carbonyl (C=O) groups excluding carboxylic acids is 1. The number of rotatable bonds is 12. The zero-order chi connectivity index (χ0) is 44.9. The van der Waals surface area contributed by atoms with Gasteiger partial charge in [-0.05, 0) is 73.2 Å². The molecule has 14 nitrogen and oxygen atoms in total. The zero-order valence-electron chi connectivity index (χ0n) is 33.7. The van der Waals surface area contributed by atoms with Crippen LogP contribution >= 0.6 is 11.6 Å². The highest BCUT2D eigenvalue weighted by molar-refractivity contribution is 7.92. The first-order valence-electron chi connectivity index (χ1n) is 19.8. The molecule has 0 spiro atoms. The summed E-state index contributed by atoms with van der Waals surface area (Å²) in [6.45, 7) is 0.274. The first-order valence-corrected chi connectivity index (χ1v) is 22.1. The second kappa shape index (κ2) is 15.5. The molecule has 3 aliphatic rings. The zero-order valence-corrected chi connectivity index (χ0v) is 35.3. The number of hydrogen-bond donors (Lipinski definition) is 2. The highest BCUT2D eigenvalue weighted by Gasteiger charge is 2.67. The van der Waals surface area contributed by atoms with Crippen LogP contribution in [0.25, 0.3) is 27.5 Å². The first kappa shape index (κ1) is 42.6. The minimum atomic E-state index is -3.90. The van der Waals surface area contributed by atoms with Crippen molar-refractivity contribution in [2.75, 3.05) is 36.1 Å². The summed E-state index contributed by atoms with van der Waals surface area (Å²) in [5.41, 5.74) is -1.57. The number of hydrogen-bond acceptors (Lipinski definition) is 9. The van der Waals surface area contributed by atoms with E-state index >= 15 is 13.6 Å². The first-order chi connectivity index (χ1) is 29.8. The molecule has 332 valence electrons. The summed E-state index contributed by atoms with van der Waals surface area (Å²) in [7, 11) is -0.791. The molecule has 1 amide bonds. The molecule has 1 saturated heterocycles. The smallest absolute Gasteiger partial charge is 0.293 e. The maximum Gasteiger partial charge on any atom is 0.293 e. The Morgan fingerprint density at radius 2 is 1.76 bits per heavy atom. The summed E-state index contributed by atoms with van der Waals surface area (Å²) in [5.74, 6) is -8.90. The lowest BCUT2D eigenvalue weighted by Gasteiger charge is -2.33. The highest BCUT2D eigenvalue weighted by Crippen LogP contribution is 2.68. The van der Waals surface area contributed by atoms with Crippen molar-refractivity contribution in [3.8, 4) is 5.69 Å². The van der Waals surface area contributed by atoms with E-state index in [1.165, 1.54) is 23.9 Å². The molecule has 2 aliphatic carbocycles. The normalized spacial score (nSPS) is 18.9. The fourth-order valence-electron chi connectivity index (χ4n) is 9.11. The van der Waals surface area contributed by atoms with Crippen LogP contribution in [0.3, 0.4) is 0 Å². The Morgan fingerprint density at radius 3 is 2.43 bits per heavy atom. The maximum absolute atomic E-state index is 15.5. The van der Waals surface area contributed by atoms with Crippen molar-refractivity contribution in [3.63, 3.8) is 0 Å². The Balaban J connectivity index is 1.23. The summed E-state index contributed by atoms with van der Waals surface area (Å²) < 4.78 is 125. The number of anilines is 2. The Labute approximate surface area is 359 Å². The van der Waals surface area contributed by atoms with E-state index in [4.69, 9.17) is 21.3 Å². The lowest BCUT2D eigenvalue weighted by Crippen LogP contribution is -2.38. The van der Waals surface area contributed by atoms with Gasteiger partial charge in [0.2, 0.25) is 15.9 Å². The van der Waals surface area contributed by atoms with Crippen LogP contribution in [-0.4, -0.2) is 76.0 Å². The minimum Gasteiger partial charge on any atom is -0.381 e. The predicted molar refractivity (Wildman–Crippen MR) is 220 cm³/mol. The molecule has 3 aromatic heterocycles. The quantitative estimate of drug-likeness (QED) is 0.129. The molecule has 0 radical (unpaired) electrons. The summed E-state index contributed by atoms with van der Waals surface area (Å²) in [6, 6.07) is 8.99. The molecule has 9 rings (SSSR count). The van der Waals surface area contributed by atoms with Gasteiger partial charge in [-0.25, -0.2) is 31.0 Å². The van der Waals surface area contributed by atoms with Crippen molar-refractivity contribution < 1.29 is 44.3 Å². The van der Waals surface area contributed by atoms with Crippen LogP contribution in [0.1, 0.15) is 66.0 Å². The fraction of sp³-hybridized carbons (Fsp3) is 0.390. The second-order valence-electron chi connectivity index (χ2n) is 16.2. The van der Waals surface area contributed by atoms with E-state index in [1.54, 1.807) is 25.3 Å². The van der Waals surface area contributed by atoms with E-state index in [2.05, 4.69) is 25.1 Å². The van der Waals surface area contributed by atoms with E-state index in [-0.39, 0.29) is 67.8 Å². The van der Waals surface area contributed by atoms with Crippen LogP contribution in [0.4, 0.5) is 37.8 Å². The number of nitrogens with zero attached hydrogens (tertiary/aromatic N) is 7. The molecule has 3 atom stereocenters. The number of alkyl halides is 4. The van der Waals surface area contributed by atoms with Gasteiger partial charge in [-0.2, -0.15) is 19.0 Å². The number of aromatic nitrogens is 6. The number of aryl methyl sites for hydroxylation is 1. The number of benzene rings is 3. The number of sulfonamides is 1. The van der Waals surface area contributed by atoms with Crippen molar-refractivity contribution in [2.45, 2.75) is 62.6 Å². The maximum atomic E-state index is 15.5. The summed E-state index contributed by atoms with van der Waals surface area (Å²) in [6.07, 6.45) is -1.20. The number of carbonyl (C=O) groups is 1. The van der Waals surface area contributed by atoms with Gasteiger partial charge in [-0.15, -0.1) is 0 Å². The lowest BCUT2D eigenvalue weighted by molar-refractivity contribution is -0.123. The van der Waals surface area contributed by atoms with E-state index in [1.807, 2.05) is 0 Å². The summed E-state index contributed by atoms with van der Waals surface area (Å²) >= 11 is 6.65. The van der Waals surface area contributed by atoms with Crippen LogP contribution in [0.15, 0.2) is 53.3 Å². The number of piperidine rings is 1. The fourth-order valence-corrected chi connectivity index (χ4v) is 9.85. The number of ether oxygens (including phenoxy) is 1. The number of fused-ring (bicyclic) bond motifs is 5. The van der Waals surface area contributed by atoms with Crippen LogP contribution in [-0.2, 0) is 45.5 Å². The number of halogens is 7. The van der Waals surface area contributed by atoms with Gasteiger partial charge in [-0.1, -0.05) is 11.6 Å². The van der Waals surface area contributed by atoms with E-state index in [0.717, 1.165) is 35.8 Å². The van der Waals surface area contributed by atoms with Crippen molar-refractivity contribution in [2.24, 2.45) is 13.0 Å². The molecule has 1 saturated carbocycles. The molecule has 3 aromatic carbocycles. The minimum absolute atomic E-state index is 0.00261. The van der Waals surface area contributed by atoms with Crippen LogP contribution in [0, 0.1) is 17.6 Å². The SMILES string of the molecule is COC1CCN(c2ccc3c(=O)n(-c4ccc(Cl)c5c(NS(C)(=O)=O)nn(C)c45)c([C@H](Cc4cc(F)cc(F)c4)NC(=O)Cn4nc(C(F)F)c5c4C(F)(F)[C@@H]4C[C@H]54)nc3c2)CC1. The summed E-state index contributed by atoms with van der Waals surface area (Å²) in [5, 5.41) is 11.0. The number of methoxy groups -OCH3 is 1. The average Bonchev–Trinajstić information content (AvgIpc) is 3.75. The molecule has 2 N–H and O–H groups in total. The number of amides is 1. The molecule has 1 aliphatic heterocycles. The van der Waals surface area contributed by atoms with Gasteiger partial charge in [-0.3, -0.25) is 28.2 Å². The lowest BCUT2D eigenvalue weighted by atomic mass is 10.0. The topological polar surface area (TPSA) is 158 Å². The molecule has 2 fully saturated rings. The van der Waals surface area contributed by atoms with Gasteiger partial charge in [0, 0.05) is 56.9 Å². The van der Waals surface area contributed by atoms with Gasteiger partial charge in [0.15, 0.2) is 5.82 Å². The van der Waals surface area contributed by atoms with Crippen molar-refractivity contribution in [1.29, 1.82) is 0 Å². The molecule has 0 unspecified atom stereocenters. The van der Waals surface area contributed by atoms with Crippen molar-refractivity contribution in [1.82, 2.24) is 34.4 Å². The van der Waals surface area contributed by atoms with Gasteiger partial charge in [0.05, 0.1) is 50.9 Å². The third kappa shape index (κ3) is 7.66. The van der Waals surface area contributed by atoms with Crippen LogP contribution in [0.2, 0.25) is 5.02 Å². The van der Waals surface area contributed by atoms with Gasteiger partial charge >= 0.3 is 0 Å². The Hall–Kier alpha value is -5.67. The van der Waals surface area contributed by atoms with Crippen molar-refractivity contribution in [3.05, 3.63) is 104 Å². The van der Waals surface area contributed by atoms with Gasteiger partial charge in [0.1, 0.15) is 35.4 Å². The third-order valence-corrected chi connectivity index (χ3v) is 12.8. The average molecular weight is 918 g/mol. The highest BCUT2D eigenvalue weighted by atomic mass is 35.5. The molecule has 4 heterocycles. The molecule has 6 aromatic rings. The Bertz CT molecular complexity index is 3000. The van der Waals surface area contributed by atoms with E-state index in [9.17, 15) is 30.8 Å². The Kier molecular flexibility index (Phi) is 10.5. The van der Waals surface area contributed by atoms with Crippen LogP contribution < -0.4 is 20.5 Å².